The van der Waals surface area contributed by atoms with E-state index >= 15 is 0 Å². The van der Waals surface area contributed by atoms with Crippen LogP contribution >= 0.6 is 0 Å². The van der Waals surface area contributed by atoms with Crippen LogP contribution in [0.2, 0.25) is 0 Å². The number of phenols is 1. The van der Waals surface area contributed by atoms with Gasteiger partial charge < -0.3 is 9.84 Å². The Balaban J connectivity index is 1.57. The van der Waals surface area contributed by atoms with Crippen LogP contribution in [0.1, 0.15) is 116 Å². The molecule has 184 valence electrons. The maximum Gasteiger partial charge on any atom is 0.127 e. The molecule has 3 aliphatic rings. The van der Waals surface area contributed by atoms with E-state index in [0.717, 1.165) is 37.1 Å². The van der Waals surface area contributed by atoms with Crippen molar-refractivity contribution in [2.45, 2.75) is 116 Å². The summed E-state index contributed by atoms with van der Waals surface area (Å²) in [5.74, 6) is 2.13. The molecule has 1 saturated heterocycles. The Morgan fingerprint density at radius 3 is 2.58 bits per heavy atom. The van der Waals surface area contributed by atoms with Crippen molar-refractivity contribution in [1.29, 1.82) is 0 Å². The summed E-state index contributed by atoms with van der Waals surface area (Å²) < 4.78 is 6.63. The number of allylic oxidation sites excluding steroid dienone is 1. The van der Waals surface area contributed by atoms with Gasteiger partial charge in [0, 0.05) is 23.9 Å². The SMILES string of the molecule is CCCCCCC(C)(C)c1cc(O)c2c(c1)OC(C)(C)[C@H]1CC=C(CN3CCCCC3)C[C@H]21. The Morgan fingerprint density at radius 1 is 1.09 bits per heavy atom. The predicted octanol–water partition coefficient (Wildman–Crippen LogP) is 7.72. The van der Waals surface area contributed by atoms with Gasteiger partial charge in [-0.15, -0.1) is 0 Å². The third-order valence-electron chi connectivity index (χ3n) is 8.70. The third-order valence-corrected chi connectivity index (χ3v) is 8.70. The summed E-state index contributed by atoms with van der Waals surface area (Å²) in [4.78, 5) is 2.63. The number of aromatic hydroxyl groups is 1. The molecule has 2 heterocycles. The summed E-state index contributed by atoms with van der Waals surface area (Å²) in [6.45, 7) is 15.0. The molecule has 0 saturated carbocycles. The fourth-order valence-corrected chi connectivity index (χ4v) is 6.53. The Morgan fingerprint density at radius 2 is 1.85 bits per heavy atom. The molecule has 0 spiro atoms. The lowest BCUT2D eigenvalue weighted by Crippen LogP contribution is -2.46. The molecule has 0 aromatic heterocycles. The minimum absolute atomic E-state index is 0.0382. The van der Waals surface area contributed by atoms with Gasteiger partial charge in [-0.25, -0.2) is 0 Å². The minimum atomic E-state index is -0.221. The van der Waals surface area contributed by atoms with Gasteiger partial charge in [0.05, 0.1) is 0 Å². The summed E-state index contributed by atoms with van der Waals surface area (Å²) in [5.41, 5.74) is 3.65. The summed E-state index contributed by atoms with van der Waals surface area (Å²) >= 11 is 0. The van der Waals surface area contributed by atoms with E-state index in [2.05, 4.69) is 57.7 Å². The number of unbranched alkanes of at least 4 members (excludes halogenated alkanes) is 3. The number of likely N-dealkylation sites (tertiary alicyclic amines) is 1. The van der Waals surface area contributed by atoms with E-state index < -0.39 is 0 Å². The maximum atomic E-state index is 11.3. The first kappa shape index (κ1) is 24.6. The normalized spacial score (nSPS) is 25.1. The largest absolute Gasteiger partial charge is 0.508 e. The van der Waals surface area contributed by atoms with Gasteiger partial charge in [-0.1, -0.05) is 64.5 Å². The van der Waals surface area contributed by atoms with Gasteiger partial charge in [0.15, 0.2) is 0 Å². The second-order valence-corrected chi connectivity index (χ2v) is 12.2. The monoisotopic (exact) mass is 453 g/mol. The number of rotatable bonds is 8. The fraction of sp³-hybridized carbons (Fsp3) is 0.733. The molecule has 2 aliphatic heterocycles. The number of phenolic OH excluding ortho intramolecular Hbond substituents is 1. The van der Waals surface area contributed by atoms with E-state index in [1.54, 1.807) is 5.57 Å². The van der Waals surface area contributed by atoms with Gasteiger partial charge in [-0.05, 0) is 82.2 Å². The zero-order chi connectivity index (χ0) is 23.6. The molecule has 1 aromatic rings. The van der Waals surface area contributed by atoms with Crippen LogP contribution in [-0.2, 0) is 5.41 Å². The van der Waals surface area contributed by atoms with Gasteiger partial charge in [0.1, 0.15) is 17.1 Å². The van der Waals surface area contributed by atoms with Crippen molar-refractivity contribution in [2.75, 3.05) is 19.6 Å². The lowest BCUT2D eigenvalue weighted by Gasteiger charge is -2.48. The number of ether oxygens (including phenoxy) is 1. The van der Waals surface area contributed by atoms with E-state index in [9.17, 15) is 5.11 Å². The lowest BCUT2D eigenvalue weighted by molar-refractivity contribution is 0.00681. The standard InChI is InChI=1S/C30H47NO2/c1-6-7-8-10-15-29(2,3)23-19-26(32)28-24-18-22(21-31-16-11-9-12-17-31)13-14-25(24)30(4,5)33-27(28)20-23/h13,19-20,24-25,32H,6-12,14-18,21H2,1-5H3/t24-,25-/m0/s1. The van der Waals surface area contributed by atoms with Crippen molar-refractivity contribution in [1.82, 2.24) is 4.90 Å². The van der Waals surface area contributed by atoms with Crippen molar-refractivity contribution in [3.63, 3.8) is 0 Å². The second kappa shape index (κ2) is 10.0. The third kappa shape index (κ3) is 5.45. The second-order valence-electron chi connectivity index (χ2n) is 12.2. The molecule has 1 N–H and O–H groups in total. The van der Waals surface area contributed by atoms with Gasteiger partial charge in [-0.2, -0.15) is 0 Å². The molecule has 33 heavy (non-hydrogen) atoms. The van der Waals surface area contributed by atoms with Crippen molar-refractivity contribution < 1.29 is 9.84 Å². The predicted molar refractivity (Wildman–Crippen MR) is 138 cm³/mol. The quantitative estimate of drug-likeness (QED) is 0.323. The topological polar surface area (TPSA) is 32.7 Å². The molecule has 0 unspecified atom stereocenters. The zero-order valence-electron chi connectivity index (χ0n) is 21.9. The van der Waals surface area contributed by atoms with Crippen molar-refractivity contribution >= 4 is 0 Å². The first-order valence-corrected chi connectivity index (χ1v) is 13.7. The van der Waals surface area contributed by atoms with Crippen LogP contribution in [0.25, 0.3) is 0 Å². The van der Waals surface area contributed by atoms with Gasteiger partial charge in [0.25, 0.3) is 0 Å². The minimum Gasteiger partial charge on any atom is -0.508 e. The van der Waals surface area contributed by atoms with E-state index in [-0.39, 0.29) is 11.0 Å². The average molecular weight is 454 g/mol. The Kier molecular flexibility index (Phi) is 7.48. The van der Waals surface area contributed by atoms with E-state index in [1.807, 2.05) is 0 Å². The van der Waals surface area contributed by atoms with Gasteiger partial charge in [-0.3, -0.25) is 4.90 Å². The highest BCUT2D eigenvalue weighted by Gasteiger charge is 2.46. The Bertz CT molecular complexity index is 847. The summed E-state index contributed by atoms with van der Waals surface area (Å²) in [7, 11) is 0. The number of piperidine rings is 1. The smallest absolute Gasteiger partial charge is 0.127 e. The number of nitrogens with zero attached hydrogens (tertiary/aromatic N) is 1. The van der Waals surface area contributed by atoms with Crippen LogP contribution in [0.4, 0.5) is 0 Å². The molecule has 0 radical (unpaired) electrons. The molecule has 4 rings (SSSR count). The van der Waals surface area contributed by atoms with Crippen LogP contribution in [-0.4, -0.2) is 35.2 Å². The molecular formula is C30H47NO2. The van der Waals surface area contributed by atoms with Crippen LogP contribution in [0.3, 0.4) is 0 Å². The van der Waals surface area contributed by atoms with Crippen LogP contribution in [0, 0.1) is 5.92 Å². The fourth-order valence-electron chi connectivity index (χ4n) is 6.53. The van der Waals surface area contributed by atoms with Crippen molar-refractivity contribution in [2.24, 2.45) is 5.92 Å². The lowest BCUT2D eigenvalue weighted by atomic mass is 9.66. The van der Waals surface area contributed by atoms with Gasteiger partial charge in [0.2, 0.25) is 0 Å². The molecule has 0 amide bonds. The maximum absolute atomic E-state index is 11.3. The average Bonchev–Trinajstić information content (AvgIpc) is 2.76. The Labute approximate surface area is 202 Å². The number of hydrogen-bond donors (Lipinski definition) is 1. The van der Waals surface area contributed by atoms with Gasteiger partial charge >= 0.3 is 0 Å². The highest BCUT2D eigenvalue weighted by atomic mass is 16.5. The van der Waals surface area contributed by atoms with E-state index in [0.29, 0.717) is 17.6 Å². The molecule has 1 aromatic carbocycles. The highest BCUT2D eigenvalue weighted by Crippen LogP contribution is 2.55. The molecule has 3 nitrogen and oxygen atoms in total. The molecule has 1 fully saturated rings. The van der Waals surface area contributed by atoms with Crippen LogP contribution < -0.4 is 4.74 Å². The first-order valence-electron chi connectivity index (χ1n) is 13.7. The zero-order valence-corrected chi connectivity index (χ0v) is 21.9. The van der Waals surface area contributed by atoms with E-state index in [4.69, 9.17) is 4.74 Å². The summed E-state index contributed by atoms with van der Waals surface area (Å²) in [6.07, 6.45) is 14.9. The number of benzene rings is 1. The van der Waals surface area contributed by atoms with Crippen LogP contribution in [0.5, 0.6) is 11.5 Å². The van der Waals surface area contributed by atoms with Crippen molar-refractivity contribution in [3.05, 3.63) is 34.9 Å². The molecular weight excluding hydrogens is 406 g/mol. The van der Waals surface area contributed by atoms with Crippen molar-refractivity contribution in [3.8, 4) is 11.5 Å². The first-order chi connectivity index (χ1) is 15.7. The molecule has 3 heteroatoms. The number of hydrogen-bond acceptors (Lipinski definition) is 3. The van der Waals surface area contributed by atoms with E-state index in [1.165, 1.54) is 63.6 Å². The molecule has 0 bridgehead atoms. The van der Waals surface area contributed by atoms with Crippen LogP contribution in [0.15, 0.2) is 23.8 Å². The summed E-state index contributed by atoms with van der Waals surface area (Å²) in [5, 5.41) is 11.3. The summed E-state index contributed by atoms with van der Waals surface area (Å²) in [6, 6.07) is 4.31. The molecule has 1 aliphatic carbocycles. The number of fused-ring (bicyclic) bond motifs is 3. The Hall–Kier alpha value is -1.48. The highest BCUT2D eigenvalue weighted by molar-refractivity contribution is 5.54. The molecule has 2 atom stereocenters.